The molecule has 1 rings (SSSR count). The second-order valence-corrected chi connectivity index (χ2v) is 3.73. The molecule has 1 heterocycles. The lowest BCUT2D eigenvalue weighted by molar-refractivity contribution is -0.140. The molecular weight excluding hydrogens is 242 g/mol. The van der Waals surface area contributed by atoms with Gasteiger partial charge in [-0.15, -0.1) is 0 Å². The third-order valence-electron chi connectivity index (χ3n) is 2.27. The number of nitrogens with one attached hydrogen (secondary N) is 1. The highest BCUT2D eigenvalue weighted by Crippen LogP contribution is 2.12. The van der Waals surface area contributed by atoms with Crippen LogP contribution >= 0.6 is 0 Å². The van der Waals surface area contributed by atoms with Gasteiger partial charge in [0, 0.05) is 0 Å². The number of carboxylic acid groups (broad SMARTS) is 1. The molecule has 1 atom stereocenters. The van der Waals surface area contributed by atoms with Crippen molar-refractivity contribution >= 4 is 17.8 Å². The van der Waals surface area contributed by atoms with Crippen LogP contribution in [0.4, 0.5) is 0 Å². The van der Waals surface area contributed by atoms with Crippen LogP contribution in [-0.2, 0) is 9.59 Å². The zero-order valence-corrected chi connectivity index (χ0v) is 9.89. The number of aryl methyl sites for hydroxylation is 2. The van der Waals surface area contributed by atoms with Gasteiger partial charge in [-0.2, -0.15) is 0 Å². The van der Waals surface area contributed by atoms with Gasteiger partial charge in [0.2, 0.25) is 5.91 Å². The number of carbonyl (C=O) groups is 3. The van der Waals surface area contributed by atoms with E-state index in [9.17, 15) is 14.4 Å². The van der Waals surface area contributed by atoms with Gasteiger partial charge in [0.1, 0.15) is 17.4 Å². The van der Waals surface area contributed by atoms with E-state index in [1.165, 1.54) is 6.92 Å². The number of hydrogen-bond acceptors (Lipinski definition) is 5. The summed E-state index contributed by atoms with van der Waals surface area (Å²) in [6.45, 7) is 3.08. The first-order valence-corrected chi connectivity index (χ1v) is 5.07. The second-order valence-electron chi connectivity index (χ2n) is 3.73. The molecule has 0 aliphatic heterocycles. The van der Waals surface area contributed by atoms with E-state index < -0.39 is 30.2 Å². The molecule has 1 aromatic heterocycles. The Labute approximate surface area is 102 Å². The molecule has 0 spiro atoms. The van der Waals surface area contributed by atoms with Crippen molar-refractivity contribution in [2.75, 3.05) is 0 Å². The first-order valence-electron chi connectivity index (χ1n) is 5.07. The molecule has 0 saturated heterocycles. The van der Waals surface area contributed by atoms with E-state index in [-0.39, 0.29) is 11.3 Å². The van der Waals surface area contributed by atoms with Crippen molar-refractivity contribution in [1.29, 1.82) is 0 Å². The summed E-state index contributed by atoms with van der Waals surface area (Å²) in [5.41, 5.74) is 5.40. The van der Waals surface area contributed by atoms with Crippen molar-refractivity contribution in [2.45, 2.75) is 26.3 Å². The maximum absolute atomic E-state index is 11.8. The lowest BCUT2D eigenvalue weighted by atomic mass is 10.1. The zero-order chi connectivity index (χ0) is 13.9. The molecule has 4 N–H and O–H groups in total. The Morgan fingerprint density at radius 1 is 1.44 bits per heavy atom. The summed E-state index contributed by atoms with van der Waals surface area (Å²) in [4.78, 5) is 33.4. The summed E-state index contributed by atoms with van der Waals surface area (Å²) in [5.74, 6) is -2.55. The molecule has 8 heteroatoms. The number of nitrogens with two attached hydrogens (primary N) is 1. The van der Waals surface area contributed by atoms with Crippen molar-refractivity contribution < 1.29 is 24.0 Å². The molecule has 8 nitrogen and oxygen atoms in total. The molecule has 98 valence electrons. The Balaban J connectivity index is 2.85. The first-order chi connectivity index (χ1) is 8.32. The van der Waals surface area contributed by atoms with Crippen molar-refractivity contribution in [1.82, 2.24) is 10.5 Å². The molecule has 0 bridgehead atoms. The minimum atomic E-state index is -1.37. The van der Waals surface area contributed by atoms with Crippen LogP contribution in [0.3, 0.4) is 0 Å². The number of amides is 2. The molecule has 0 aliphatic rings. The third-order valence-corrected chi connectivity index (χ3v) is 2.27. The fraction of sp³-hybridized carbons (Fsp3) is 0.400. The largest absolute Gasteiger partial charge is 0.480 e. The fourth-order valence-corrected chi connectivity index (χ4v) is 1.44. The number of aliphatic carboxylic acids is 1. The number of primary amides is 1. The van der Waals surface area contributed by atoms with Gasteiger partial charge in [-0.1, -0.05) is 5.16 Å². The van der Waals surface area contributed by atoms with Crippen molar-refractivity contribution in [2.24, 2.45) is 5.73 Å². The lowest BCUT2D eigenvalue weighted by Crippen LogP contribution is -2.43. The third kappa shape index (κ3) is 3.06. The number of aromatic nitrogens is 1. The van der Waals surface area contributed by atoms with E-state index in [1.54, 1.807) is 6.92 Å². The number of carbonyl (C=O) groups excluding carboxylic acids is 2. The SMILES string of the molecule is Cc1noc(C)c1C(=O)NC(CC(N)=O)C(=O)O. The van der Waals surface area contributed by atoms with E-state index in [1.807, 2.05) is 0 Å². The number of hydrogen-bond donors (Lipinski definition) is 3. The maximum Gasteiger partial charge on any atom is 0.326 e. The van der Waals surface area contributed by atoms with Gasteiger partial charge in [0.15, 0.2) is 0 Å². The molecule has 1 aromatic rings. The van der Waals surface area contributed by atoms with Gasteiger partial charge in [-0.25, -0.2) is 4.79 Å². The quantitative estimate of drug-likeness (QED) is 0.639. The molecule has 0 aromatic carbocycles. The van der Waals surface area contributed by atoms with Gasteiger partial charge in [-0.3, -0.25) is 9.59 Å². The van der Waals surface area contributed by atoms with E-state index >= 15 is 0 Å². The van der Waals surface area contributed by atoms with E-state index in [4.69, 9.17) is 15.4 Å². The smallest absolute Gasteiger partial charge is 0.326 e. The molecule has 18 heavy (non-hydrogen) atoms. The highest BCUT2D eigenvalue weighted by molar-refractivity contribution is 5.99. The summed E-state index contributed by atoms with van der Waals surface area (Å²) in [6, 6.07) is -1.37. The summed E-state index contributed by atoms with van der Waals surface area (Å²) in [7, 11) is 0. The Hall–Kier alpha value is -2.38. The summed E-state index contributed by atoms with van der Waals surface area (Å²) in [6.07, 6.45) is -0.482. The number of carboxylic acids is 1. The normalized spacial score (nSPS) is 11.9. The van der Waals surface area contributed by atoms with Gasteiger partial charge in [-0.05, 0) is 13.8 Å². The average Bonchev–Trinajstić information content (AvgIpc) is 2.56. The van der Waals surface area contributed by atoms with Crippen LogP contribution in [0.2, 0.25) is 0 Å². The van der Waals surface area contributed by atoms with Gasteiger partial charge >= 0.3 is 5.97 Å². The monoisotopic (exact) mass is 255 g/mol. The van der Waals surface area contributed by atoms with E-state index in [0.29, 0.717) is 5.69 Å². The van der Waals surface area contributed by atoms with Crippen LogP contribution < -0.4 is 11.1 Å². The van der Waals surface area contributed by atoms with Crippen LogP contribution in [0.1, 0.15) is 28.2 Å². The first kappa shape index (κ1) is 13.7. The minimum absolute atomic E-state index is 0.158. The van der Waals surface area contributed by atoms with Crippen LogP contribution in [0.25, 0.3) is 0 Å². The fourth-order valence-electron chi connectivity index (χ4n) is 1.44. The molecule has 0 saturated carbocycles. The molecule has 1 unspecified atom stereocenters. The zero-order valence-electron chi connectivity index (χ0n) is 9.89. The topological polar surface area (TPSA) is 136 Å². The number of rotatable bonds is 5. The molecule has 0 fully saturated rings. The van der Waals surface area contributed by atoms with Gasteiger partial charge in [0.25, 0.3) is 5.91 Å². The predicted molar refractivity (Wildman–Crippen MR) is 58.7 cm³/mol. The Bertz CT molecular complexity index is 474. The Kier molecular flexibility index (Phi) is 4.03. The van der Waals surface area contributed by atoms with Crippen molar-refractivity contribution in [3.63, 3.8) is 0 Å². The van der Waals surface area contributed by atoms with Crippen LogP contribution in [0.5, 0.6) is 0 Å². The van der Waals surface area contributed by atoms with Crippen LogP contribution in [0, 0.1) is 13.8 Å². The second kappa shape index (κ2) is 5.30. The van der Waals surface area contributed by atoms with Crippen LogP contribution in [0.15, 0.2) is 4.52 Å². The summed E-state index contributed by atoms with van der Waals surface area (Å²) >= 11 is 0. The maximum atomic E-state index is 11.8. The molecule has 0 aliphatic carbocycles. The van der Waals surface area contributed by atoms with Gasteiger partial charge in [0.05, 0.1) is 12.1 Å². The summed E-state index contributed by atoms with van der Waals surface area (Å²) < 4.78 is 4.79. The average molecular weight is 255 g/mol. The van der Waals surface area contributed by atoms with Gasteiger partial charge < -0.3 is 20.7 Å². The highest BCUT2D eigenvalue weighted by atomic mass is 16.5. The minimum Gasteiger partial charge on any atom is -0.480 e. The Morgan fingerprint density at radius 3 is 2.44 bits per heavy atom. The highest BCUT2D eigenvalue weighted by Gasteiger charge is 2.25. The Morgan fingerprint density at radius 2 is 2.06 bits per heavy atom. The van der Waals surface area contributed by atoms with E-state index in [2.05, 4.69) is 10.5 Å². The molecule has 2 amide bonds. The van der Waals surface area contributed by atoms with Crippen molar-refractivity contribution in [3.05, 3.63) is 17.0 Å². The molecular formula is C10H13N3O5. The molecule has 0 radical (unpaired) electrons. The predicted octanol–water partition coefficient (Wildman–Crippen LogP) is -0.650. The lowest BCUT2D eigenvalue weighted by Gasteiger charge is -2.12. The summed E-state index contributed by atoms with van der Waals surface area (Å²) in [5, 5.41) is 14.6. The standard InChI is InChI=1S/C10H13N3O5/c1-4-8(5(2)18-13-4)9(15)12-6(10(16)17)3-7(11)14/h6H,3H2,1-2H3,(H2,11,14)(H,12,15)(H,16,17). The number of nitrogens with zero attached hydrogens (tertiary/aromatic N) is 1. The van der Waals surface area contributed by atoms with E-state index in [0.717, 1.165) is 0 Å². The van der Waals surface area contributed by atoms with Crippen molar-refractivity contribution in [3.8, 4) is 0 Å². The van der Waals surface area contributed by atoms with Crippen LogP contribution in [-0.4, -0.2) is 34.1 Å².